The molecule has 0 unspecified atom stereocenters. The zero-order valence-corrected chi connectivity index (χ0v) is 12.9. The van der Waals surface area contributed by atoms with E-state index in [4.69, 9.17) is 11.6 Å². The van der Waals surface area contributed by atoms with E-state index in [1.807, 2.05) is 18.2 Å². The summed E-state index contributed by atoms with van der Waals surface area (Å²) in [5, 5.41) is 3.26. The van der Waals surface area contributed by atoms with Crippen molar-refractivity contribution in [2.75, 3.05) is 0 Å². The molecule has 0 radical (unpaired) electrons. The van der Waals surface area contributed by atoms with Crippen molar-refractivity contribution >= 4 is 33.0 Å². The number of halogens is 1. The first-order valence-corrected chi connectivity index (χ1v) is 8.79. The molecular formula is C13H13ClN2O2S2. The Balaban J connectivity index is 1.73. The Hall–Kier alpha value is -0.920. The van der Waals surface area contributed by atoms with Crippen LogP contribution in [0.2, 0.25) is 4.34 Å². The average molecular weight is 329 g/mol. The lowest BCUT2D eigenvalue weighted by Gasteiger charge is -2.06. The van der Waals surface area contributed by atoms with Gasteiger partial charge in [-0.05, 0) is 28.8 Å². The topological polar surface area (TPSA) is 58.2 Å². The first-order valence-electron chi connectivity index (χ1n) is 6.11. The number of nitrogens with one attached hydrogen (secondary N) is 2. The number of benzene rings is 1. The smallest absolute Gasteiger partial charge is 0.250 e. The zero-order chi connectivity index (χ0) is 14.2. The minimum absolute atomic E-state index is 0.241. The standard InChI is InChI=1S/C13H13ClN2O2S2/c14-12-3-4-13(19-12)20(17,18)16-6-9-1-2-10-7-15-8-11(10)5-9/h1-5,15-16H,6-8H2. The highest BCUT2D eigenvalue weighted by Gasteiger charge is 2.17. The van der Waals surface area contributed by atoms with E-state index in [0.717, 1.165) is 30.0 Å². The van der Waals surface area contributed by atoms with Crippen LogP contribution >= 0.6 is 22.9 Å². The number of sulfonamides is 1. The lowest BCUT2D eigenvalue weighted by Crippen LogP contribution is -2.22. The lowest BCUT2D eigenvalue weighted by molar-refractivity contribution is 0.583. The maximum absolute atomic E-state index is 12.1. The minimum Gasteiger partial charge on any atom is -0.309 e. The van der Waals surface area contributed by atoms with E-state index in [0.29, 0.717) is 4.34 Å². The van der Waals surface area contributed by atoms with Crippen molar-refractivity contribution in [3.05, 3.63) is 51.4 Å². The molecule has 2 heterocycles. The van der Waals surface area contributed by atoms with Gasteiger partial charge in [-0.2, -0.15) is 0 Å². The Bertz CT molecular complexity index is 741. The van der Waals surface area contributed by atoms with Gasteiger partial charge in [-0.25, -0.2) is 13.1 Å². The van der Waals surface area contributed by atoms with E-state index in [2.05, 4.69) is 10.0 Å². The maximum atomic E-state index is 12.1. The second-order valence-corrected chi connectivity index (χ2v) is 8.30. The van der Waals surface area contributed by atoms with Crippen LogP contribution in [-0.2, 0) is 29.7 Å². The third-order valence-corrected chi connectivity index (χ3v) is 6.31. The van der Waals surface area contributed by atoms with E-state index in [1.165, 1.54) is 17.2 Å². The predicted molar refractivity (Wildman–Crippen MR) is 80.3 cm³/mol. The molecule has 1 aliphatic rings. The Morgan fingerprint density at radius 1 is 1.20 bits per heavy atom. The molecule has 1 aromatic heterocycles. The van der Waals surface area contributed by atoms with Crippen molar-refractivity contribution in [3.8, 4) is 0 Å². The van der Waals surface area contributed by atoms with Crippen LogP contribution in [0.4, 0.5) is 0 Å². The van der Waals surface area contributed by atoms with Gasteiger partial charge in [0.05, 0.1) is 4.34 Å². The molecule has 3 rings (SSSR count). The summed E-state index contributed by atoms with van der Waals surface area (Å²) < 4.78 is 27.5. The van der Waals surface area contributed by atoms with Crippen molar-refractivity contribution in [3.63, 3.8) is 0 Å². The van der Waals surface area contributed by atoms with E-state index in [9.17, 15) is 8.42 Å². The molecule has 0 aliphatic carbocycles. The van der Waals surface area contributed by atoms with Gasteiger partial charge in [0.25, 0.3) is 0 Å². The Morgan fingerprint density at radius 3 is 2.75 bits per heavy atom. The molecule has 20 heavy (non-hydrogen) atoms. The van der Waals surface area contributed by atoms with Crippen molar-refractivity contribution in [1.82, 2.24) is 10.0 Å². The second kappa shape index (κ2) is 5.46. The summed E-state index contributed by atoms with van der Waals surface area (Å²) in [4.78, 5) is 0. The van der Waals surface area contributed by atoms with Gasteiger partial charge in [-0.3, -0.25) is 0 Å². The van der Waals surface area contributed by atoms with Crippen LogP contribution in [0.1, 0.15) is 16.7 Å². The fraction of sp³-hybridized carbons (Fsp3) is 0.231. The summed E-state index contributed by atoms with van der Waals surface area (Å²) in [6.07, 6.45) is 0. The van der Waals surface area contributed by atoms with Gasteiger partial charge in [-0.1, -0.05) is 29.8 Å². The summed E-state index contributed by atoms with van der Waals surface area (Å²) in [6.45, 7) is 2.01. The minimum atomic E-state index is -3.48. The highest BCUT2D eigenvalue weighted by Crippen LogP contribution is 2.25. The van der Waals surface area contributed by atoms with Gasteiger partial charge < -0.3 is 5.32 Å². The first-order chi connectivity index (χ1) is 9.54. The van der Waals surface area contributed by atoms with Gasteiger partial charge >= 0.3 is 0 Å². The molecule has 0 amide bonds. The zero-order valence-electron chi connectivity index (χ0n) is 10.5. The predicted octanol–water partition coefficient (Wildman–Crippen LogP) is 2.48. The van der Waals surface area contributed by atoms with Gasteiger partial charge in [0, 0.05) is 19.6 Å². The summed E-state index contributed by atoms with van der Waals surface area (Å²) in [5.74, 6) is 0. The van der Waals surface area contributed by atoms with Gasteiger partial charge in [0.15, 0.2) is 0 Å². The fourth-order valence-electron chi connectivity index (χ4n) is 2.15. The first kappa shape index (κ1) is 14.0. The van der Waals surface area contributed by atoms with Crippen molar-refractivity contribution < 1.29 is 8.42 Å². The van der Waals surface area contributed by atoms with Crippen molar-refractivity contribution in [2.45, 2.75) is 23.8 Å². The summed E-state index contributed by atoms with van der Waals surface area (Å²) in [7, 11) is -3.48. The summed E-state index contributed by atoms with van der Waals surface area (Å²) in [6, 6.07) is 9.14. The molecule has 0 bridgehead atoms. The number of fused-ring (bicyclic) bond motifs is 1. The average Bonchev–Trinajstić information content (AvgIpc) is 3.04. The van der Waals surface area contributed by atoms with Gasteiger partial charge in [0.1, 0.15) is 4.21 Å². The van der Waals surface area contributed by atoms with Crippen LogP contribution in [0.25, 0.3) is 0 Å². The number of rotatable bonds is 4. The molecule has 0 atom stereocenters. The summed E-state index contributed by atoms with van der Waals surface area (Å²) >= 11 is 6.82. The summed E-state index contributed by atoms with van der Waals surface area (Å²) in [5.41, 5.74) is 3.47. The van der Waals surface area contributed by atoms with Crippen molar-refractivity contribution in [1.29, 1.82) is 0 Å². The Kier molecular flexibility index (Phi) is 3.83. The van der Waals surface area contributed by atoms with Crippen LogP contribution in [0.3, 0.4) is 0 Å². The molecule has 0 saturated heterocycles. The van der Waals surface area contributed by atoms with Gasteiger partial charge in [-0.15, -0.1) is 11.3 Å². The highest BCUT2D eigenvalue weighted by molar-refractivity contribution is 7.91. The monoisotopic (exact) mass is 328 g/mol. The number of thiophene rings is 1. The molecule has 0 spiro atoms. The van der Waals surface area contributed by atoms with E-state index < -0.39 is 10.0 Å². The molecule has 2 aromatic rings. The quantitative estimate of drug-likeness (QED) is 0.906. The molecule has 0 fully saturated rings. The number of hydrogen-bond acceptors (Lipinski definition) is 4. The van der Waals surface area contributed by atoms with Gasteiger partial charge in [0.2, 0.25) is 10.0 Å². The molecule has 0 saturated carbocycles. The highest BCUT2D eigenvalue weighted by atomic mass is 35.5. The molecule has 1 aromatic carbocycles. The van der Waals surface area contributed by atoms with Crippen LogP contribution in [-0.4, -0.2) is 8.42 Å². The maximum Gasteiger partial charge on any atom is 0.250 e. The largest absolute Gasteiger partial charge is 0.309 e. The molecular weight excluding hydrogens is 316 g/mol. The third-order valence-electron chi connectivity index (χ3n) is 3.18. The van der Waals surface area contributed by atoms with Crippen LogP contribution in [0.5, 0.6) is 0 Å². The van der Waals surface area contributed by atoms with E-state index >= 15 is 0 Å². The molecule has 106 valence electrons. The lowest BCUT2D eigenvalue weighted by atomic mass is 10.1. The number of hydrogen-bond donors (Lipinski definition) is 2. The normalized spacial score (nSPS) is 14.4. The molecule has 7 heteroatoms. The van der Waals surface area contributed by atoms with Crippen LogP contribution < -0.4 is 10.0 Å². The molecule has 4 nitrogen and oxygen atoms in total. The Labute approximate surface area is 126 Å². The SMILES string of the molecule is O=S(=O)(NCc1ccc2c(c1)CNC2)c1ccc(Cl)s1. The van der Waals surface area contributed by atoms with Crippen LogP contribution in [0, 0.1) is 0 Å². The van der Waals surface area contributed by atoms with Crippen molar-refractivity contribution in [2.24, 2.45) is 0 Å². The Morgan fingerprint density at radius 2 is 2.00 bits per heavy atom. The van der Waals surface area contributed by atoms with E-state index in [-0.39, 0.29) is 10.8 Å². The third kappa shape index (κ3) is 2.89. The molecule has 1 aliphatic heterocycles. The van der Waals surface area contributed by atoms with Crippen LogP contribution in [0.15, 0.2) is 34.5 Å². The molecule has 2 N–H and O–H groups in total. The fourth-order valence-corrected chi connectivity index (χ4v) is 4.69. The van der Waals surface area contributed by atoms with E-state index in [1.54, 1.807) is 6.07 Å². The second-order valence-electron chi connectivity index (χ2n) is 4.59.